The molecule has 6 amide bonds. The molecule has 33 heavy (non-hydrogen) atoms. The minimum atomic E-state index is -0.867. The van der Waals surface area contributed by atoms with Crippen LogP contribution in [0.15, 0.2) is 0 Å². The number of piperazine rings is 1. The maximum absolute atomic E-state index is 13.0. The van der Waals surface area contributed by atoms with Gasteiger partial charge in [-0.15, -0.1) is 0 Å². The van der Waals surface area contributed by atoms with Crippen molar-refractivity contribution in [1.82, 2.24) is 24.9 Å². The van der Waals surface area contributed by atoms with Crippen molar-refractivity contribution in [3.05, 3.63) is 0 Å². The first-order valence-corrected chi connectivity index (χ1v) is 11.9. The third kappa shape index (κ3) is 4.68. The molecule has 3 heterocycles. The van der Waals surface area contributed by atoms with Gasteiger partial charge in [-0.2, -0.15) is 0 Å². The van der Waals surface area contributed by atoms with Gasteiger partial charge < -0.3 is 24.8 Å². The van der Waals surface area contributed by atoms with Crippen LogP contribution in [0.25, 0.3) is 0 Å². The Morgan fingerprint density at radius 1 is 0.909 bits per heavy atom. The van der Waals surface area contributed by atoms with Crippen LogP contribution in [0.4, 0.5) is 4.79 Å². The molecule has 1 saturated carbocycles. The normalized spacial score (nSPS) is 28.3. The molecule has 3 saturated heterocycles. The Bertz CT molecular complexity index is 810. The van der Waals surface area contributed by atoms with Crippen molar-refractivity contribution in [3.8, 4) is 0 Å². The van der Waals surface area contributed by atoms with Crippen molar-refractivity contribution in [2.75, 3.05) is 59.0 Å². The van der Waals surface area contributed by atoms with E-state index in [-0.39, 0.29) is 44.5 Å². The van der Waals surface area contributed by atoms with E-state index >= 15 is 0 Å². The monoisotopic (exact) mass is 463 g/mol. The maximum atomic E-state index is 13.0. The van der Waals surface area contributed by atoms with Crippen LogP contribution in [0.1, 0.15) is 39.0 Å². The number of carbonyl (C=O) groups is 5. The van der Waals surface area contributed by atoms with Gasteiger partial charge in [0.05, 0.1) is 13.2 Å². The van der Waals surface area contributed by atoms with Gasteiger partial charge in [-0.1, -0.05) is 13.3 Å². The second kappa shape index (κ2) is 9.66. The van der Waals surface area contributed by atoms with E-state index in [0.717, 1.165) is 24.2 Å². The zero-order valence-electron chi connectivity index (χ0n) is 19.2. The highest BCUT2D eigenvalue weighted by molar-refractivity contribution is 6.35. The molecule has 0 aromatic rings. The quantitative estimate of drug-likeness (QED) is 0.441. The van der Waals surface area contributed by atoms with Crippen LogP contribution in [0, 0.1) is 5.92 Å². The van der Waals surface area contributed by atoms with Crippen LogP contribution < -0.4 is 5.32 Å². The zero-order valence-corrected chi connectivity index (χ0v) is 19.2. The highest BCUT2D eigenvalue weighted by Gasteiger charge is 2.52. The van der Waals surface area contributed by atoms with Gasteiger partial charge in [0.1, 0.15) is 12.1 Å². The number of morpholine rings is 1. The van der Waals surface area contributed by atoms with Crippen LogP contribution in [0.3, 0.4) is 0 Å². The van der Waals surface area contributed by atoms with E-state index < -0.39 is 23.4 Å². The Morgan fingerprint density at radius 2 is 1.45 bits per heavy atom. The molecule has 0 radical (unpaired) electrons. The second-order valence-electron chi connectivity index (χ2n) is 9.33. The Hall–Kier alpha value is -2.69. The molecular formula is C22H33N5O6. The molecule has 0 aromatic heterocycles. The van der Waals surface area contributed by atoms with Crippen LogP contribution in [0.2, 0.25) is 0 Å². The molecule has 11 heteroatoms. The smallest absolute Gasteiger partial charge is 0.325 e. The summed E-state index contributed by atoms with van der Waals surface area (Å²) in [5, 5.41) is 2.85. The van der Waals surface area contributed by atoms with E-state index in [4.69, 9.17) is 4.74 Å². The summed E-state index contributed by atoms with van der Waals surface area (Å²) < 4.78 is 5.21. The van der Waals surface area contributed by atoms with Gasteiger partial charge in [-0.05, 0) is 31.6 Å². The van der Waals surface area contributed by atoms with E-state index in [0.29, 0.717) is 45.1 Å². The summed E-state index contributed by atoms with van der Waals surface area (Å²) in [5.41, 5.74) is -0.867. The molecule has 4 rings (SSSR count). The number of imide groups is 1. The maximum Gasteiger partial charge on any atom is 0.325 e. The molecule has 4 aliphatic rings. The number of hydrogen-bond acceptors (Lipinski definition) is 6. The fourth-order valence-corrected chi connectivity index (χ4v) is 5.17. The summed E-state index contributed by atoms with van der Waals surface area (Å²) in [4.78, 5) is 68.9. The lowest BCUT2D eigenvalue weighted by Crippen LogP contribution is -2.56. The number of nitrogens with one attached hydrogen (secondary N) is 1. The van der Waals surface area contributed by atoms with Crippen LogP contribution >= 0.6 is 0 Å². The van der Waals surface area contributed by atoms with Crippen molar-refractivity contribution >= 4 is 29.7 Å². The van der Waals surface area contributed by atoms with Crippen molar-refractivity contribution in [2.45, 2.75) is 44.6 Å². The van der Waals surface area contributed by atoms with Crippen molar-refractivity contribution in [2.24, 2.45) is 5.92 Å². The van der Waals surface area contributed by atoms with Crippen molar-refractivity contribution < 1.29 is 28.7 Å². The van der Waals surface area contributed by atoms with Crippen LogP contribution in [-0.2, 0) is 23.9 Å². The van der Waals surface area contributed by atoms with Crippen molar-refractivity contribution in [3.63, 3.8) is 0 Å². The van der Waals surface area contributed by atoms with E-state index in [1.165, 1.54) is 9.80 Å². The summed E-state index contributed by atoms with van der Waals surface area (Å²) >= 11 is 0. The largest absolute Gasteiger partial charge is 0.378 e. The first-order chi connectivity index (χ1) is 15.8. The highest BCUT2D eigenvalue weighted by Crippen LogP contribution is 2.37. The SMILES string of the molecule is CCC1CCC2(CC1)NC(=O)N(CC(=O)N1CCN(C(=O)C(=O)N3CCOCC3)CC1)C2=O. The van der Waals surface area contributed by atoms with Crippen LogP contribution in [0.5, 0.6) is 0 Å². The highest BCUT2D eigenvalue weighted by atomic mass is 16.5. The number of nitrogens with zero attached hydrogens (tertiary/aromatic N) is 4. The van der Waals surface area contributed by atoms with Gasteiger partial charge in [0.2, 0.25) is 5.91 Å². The molecule has 0 aromatic carbocycles. The number of carbonyl (C=O) groups excluding carboxylic acids is 5. The lowest BCUT2D eigenvalue weighted by molar-refractivity contribution is -0.155. The van der Waals surface area contributed by atoms with E-state index in [1.54, 1.807) is 4.90 Å². The van der Waals surface area contributed by atoms with E-state index in [1.807, 2.05) is 0 Å². The average molecular weight is 464 g/mol. The van der Waals surface area contributed by atoms with Gasteiger partial charge in [0.15, 0.2) is 0 Å². The Labute approximate surface area is 193 Å². The topological polar surface area (TPSA) is 120 Å². The average Bonchev–Trinajstić information content (AvgIpc) is 3.08. The Kier molecular flexibility index (Phi) is 6.87. The number of ether oxygens (including phenoxy) is 1. The molecular weight excluding hydrogens is 430 g/mol. The summed E-state index contributed by atoms with van der Waals surface area (Å²) in [5.74, 6) is -1.17. The zero-order chi connectivity index (χ0) is 23.6. The molecule has 0 bridgehead atoms. The van der Waals surface area contributed by atoms with Gasteiger partial charge in [-0.25, -0.2) is 4.79 Å². The van der Waals surface area contributed by atoms with E-state index in [9.17, 15) is 24.0 Å². The lowest BCUT2D eigenvalue weighted by Gasteiger charge is -2.36. The molecule has 4 fully saturated rings. The summed E-state index contributed by atoms with van der Waals surface area (Å²) in [6.45, 7) is 4.47. The van der Waals surface area contributed by atoms with Gasteiger partial charge >= 0.3 is 17.8 Å². The van der Waals surface area contributed by atoms with Crippen molar-refractivity contribution in [1.29, 1.82) is 0 Å². The molecule has 0 unspecified atom stereocenters. The third-order valence-corrected chi connectivity index (χ3v) is 7.48. The predicted octanol–water partition coefficient (Wildman–Crippen LogP) is -0.593. The summed E-state index contributed by atoms with van der Waals surface area (Å²) in [7, 11) is 0. The van der Waals surface area contributed by atoms with Crippen LogP contribution in [-0.4, -0.2) is 114 Å². The molecule has 3 aliphatic heterocycles. The molecule has 1 N–H and O–H groups in total. The Balaban J connectivity index is 1.28. The number of amides is 6. The molecule has 11 nitrogen and oxygen atoms in total. The standard InChI is InChI=1S/C22H33N5O6/c1-2-16-3-5-22(6-4-16)20(31)27(21(32)23-22)15-17(28)24-7-9-25(10-8-24)18(29)19(30)26-11-13-33-14-12-26/h16H,2-15H2,1H3,(H,23,32). The minimum Gasteiger partial charge on any atom is -0.378 e. The Morgan fingerprint density at radius 3 is 2.03 bits per heavy atom. The molecule has 182 valence electrons. The lowest BCUT2D eigenvalue weighted by atomic mass is 9.75. The fourth-order valence-electron chi connectivity index (χ4n) is 5.17. The molecule has 1 aliphatic carbocycles. The summed E-state index contributed by atoms with van der Waals surface area (Å²) in [6, 6.07) is -0.506. The van der Waals surface area contributed by atoms with E-state index in [2.05, 4.69) is 12.2 Å². The van der Waals surface area contributed by atoms with Gasteiger partial charge in [0, 0.05) is 39.3 Å². The second-order valence-corrected chi connectivity index (χ2v) is 9.33. The first-order valence-electron chi connectivity index (χ1n) is 11.9. The number of urea groups is 1. The molecule has 0 atom stereocenters. The summed E-state index contributed by atoms with van der Waals surface area (Å²) in [6.07, 6.45) is 4.07. The number of hydrogen-bond donors (Lipinski definition) is 1. The minimum absolute atomic E-state index is 0.239. The first kappa shape index (κ1) is 23.5. The third-order valence-electron chi connectivity index (χ3n) is 7.48. The fraction of sp³-hybridized carbons (Fsp3) is 0.773. The van der Waals surface area contributed by atoms with Gasteiger partial charge in [0.25, 0.3) is 5.91 Å². The van der Waals surface area contributed by atoms with Gasteiger partial charge in [-0.3, -0.25) is 24.1 Å². The number of rotatable bonds is 3. The molecule has 1 spiro atoms. The predicted molar refractivity (Wildman–Crippen MR) is 116 cm³/mol.